The minimum absolute atomic E-state index is 0.225. The van der Waals surface area contributed by atoms with Crippen LogP contribution in [0.3, 0.4) is 0 Å². The molecule has 1 rings (SSSR count). The maximum Gasteiger partial charge on any atom is 0.280 e. The molecule has 0 aromatic heterocycles. The van der Waals surface area contributed by atoms with Gasteiger partial charge in [0.05, 0.1) is 15.9 Å². The van der Waals surface area contributed by atoms with Crippen LogP contribution in [-0.2, 0) is 5.75 Å². The number of nitro benzene ring substituents is 2. The number of hydrogen-bond acceptors (Lipinski definition) is 6. The number of rotatable bonds is 6. The van der Waals surface area contributed by atoms with Crippen LogP contribution in [-0.4, -0.2) is 21.1 Å². The van der Waals surface area contributed by atoms with Gasteiger partial charge in [0.1, 0.15) is 0 Å². The van der Waals surface area contributed by atoms with E-state index in [4.69, 9.17) is 5.73 Å². The summed E-state index contributed by atoms with van der Waals surface area (Å²) in [6.07, 6.45) is 0. The van der Waals surface area contributed by atoms with Crippen LogP contribution in [0.25, 0.3) is 0 Å². The van der Waals surface area contributed by atoms with Crippen molar-refractivity contribution in [3.05, 3.63) is 44.0 Å². The van der Waals surface area contributed by atoms with Crippen molar-refractivity contribution < 1.29 is 9.85 Å². The molecule has 104 valence electrons. The zero-order chi connectivity index (χ0) is 14.6. The Bertz CT molecular complexity index is 499. The maximum atomic E-state index is 10.9. The summed E-state index contributed by atoms with van der Waals surface area (Å²) in [6.45, 7) is 3.73. The number of nitro groups is 2. The number of nitrogens with zero attached hydrogens (tertiary/aromatic N) is 2. The molecule has 0 aliphatic rings. The fourth-order valence-corrected chi connectivity index (χ4v) is 2.47. The Morgan fingerprint density at radius 3 is 2.37 bits per heavy atom. The van der Waals surface area contributed by atoms with Crippen molar-refractivity contribution in [3.63, 3.8) is 0 Å². The highest BCUT2D eigenvalue weighted by Crippen LogP contribution is 2.28. The smallest absolute Gasteiger partial charge is 0.280 e. The molecular formula is C11H15N3O4S. The standard InChI is InChI=1S/C11H15N3O4S/c1-11(2,12)7-19-6-8-3-4-9(13(15)16)5-10(8)14(17)18/h3-5H,6-7,12H2,1-2H3. The minimum Gasteiger partial charge on any atom is -0.325 e. The summed E-state index contributed by atoms with van der Waals surface area (Å²) in [6, 6.07) is 3.69. The third-order valence-electron chi connectivity index (χ3n) is 2.21. The number of nitrogens with two attached hydrogens (primary N) is 1. The van der Waals surface area contributed by atoms with Gasteiger partial charge in [0.25, 0.3) is 11.4 Å². The van der Waals surface area contributed by atoms with E-state index in [0.29, 0.717) is 17.1 Å². The van der Waals surface area contributed by atoms with Crippen molar-refractivity contribution in [1.29, 1.82) is 0 Å². The molecule has 7 nitrogen and oxygen atoms in total. The lowest BCUT2D eigenvalue weighted by atomic mass is 10.1. The minimum atomic E-state index is -0.646. The van der Waals surface area contributed by atoms with Crippen LogP contribution in [0, 0.1) is 20.2 Å². The molecule has 0 fully saturated rings. The molecule has 0 atom stereocenters. The van der Waals surface area contributed by atoms with Gasteiger partial charge in [-0.05, 0) is 19.9 Å². The molecule has 0 unspecified atom stereocenters. The first kappa shape index (κ1) is 15.4. The van der Waals surface area contributed by atoms with Crippen LogP contribution in [0.2, 0.25) is 0 Å². The molecule has 0 radical (unpaired) electrons. The Kier molecular flexibility index (Phi) is 4.84. The van der Waals surface area contributed by atoms with Gasteiger partial charge in [-0.25, -0.2) is 0 Å². The van der Waals surface area contributed by atoms with Crippen molar-refractivity contribution in [1.82, 2.24) is 0 Å². The normalized spacial score (nSPS) is 11.3. The quantitative estimate of drug-likeness (QED) is 0.634. The van der Waals surface area contributed by atoms with Crippen molar-refractivity contribution >= 4 is 23.1 Å². The van der Waals surface area contributed by atoms with Gasteiger partial charge < -0.3 is 5.73 Å². The molecule has 2 N–H and O–H groups in total. The number of thioether (sulfide) groups is 1. The molecule has 0 saturated carbocycles. The first-order chi connectivity index (χ1) is 8.70. The zero-order valence-corrected chi connectivity index (χ0v) is 11.5. The van der Waals surface area contributed by atoms with E-state index in [1.54, 1.807) is 0 Å². The molecule has 0 bridgehead atoms. The second-order valence-electron chi connectivity index (χ2n) is 4.81. The van der Waals surface area contributed by atoms with E-state index in [-0.39, 0.29) is 16.9 Å². The monoisotopic (exact) mass is 285 g/mol. The summed E-state index contributed by atoms with van der Waals surface area (Å²) in [7, 11) is 0. The highest BCUT2D eigenvalue weighted by atomic mass is 32.2. The van der Waals surface area contributed by atoms with Gasteiger partial charge >= 0.3 is 0 Å². The summed E-state index contributed by atoms with van der Waals surface area (Å²) >= 11 is 1.46. The van der Waals surface area contributed by atoms with E-state index >= 15 is 0 Å². The van der Waals surface area contributed by atoms with Crippen LogP contribution >= 0.6 is 11.8 Å². The molecular weight excluding hydrogens is 270 g/mol. The summed E-state index contributed by atoms with van der Waals surface area (Å²) < 4.78 is 0. The SMILES string of the molecule is CC(C)(N)CSCc1ccc([N+](=O)[O-])cc1[N+](=O)[O-]. The van der Waals surface area contributed by atoms with Gasteiger partial charge in [-0.3, -0.25) is 20.2 Å². The van der Waals surface area contributed by atoms with Gasteiger partial charge in [-0.1, -0.05) is 0 Å². The second-order valence-corrected chi connectivity index (χ2v) is 5.79. The lowest BCUT2D eigenvalue weighted by Gasteiger charge is -2.17. The van der Waals surface area contributed by atoms with Crippen LogP contribution < -0.4 is 5.73 Å². The Labute approximate surface area is 114 Å². The molecule has 19 heavy (non-hydrogen) atoms. The van der Waals surface area contributed by atoms with Crippen molar-refractivity contribution in [2.24, 2.45) is 5.73 Å². The van der Waals surface area contributed by atoms with Crippen LogP contribution in [0.15, 0.2) is 18.2 Å². The molecule has 8 heteroatoms. The van der Waals surface area contributed by atoms with Gasteiger partial charge in [-0.2, -0.15) is 11.8 Å². The van der Waals surface area contributed by atoms with E-state index in [9.17, 15) is 20.2 Å². The van der Waals surface area contributed by atoms with E-state index < -0.39 is 9.85 Å². The Morgan fingerprint density at radius 1 is 1.26 bits per heavy atom. The lowest BCUT2D eigenvalue weighted by Crippen LogP contribution is -2.34. The van der Waals surface area contributed by atoms with Crippen molar-refractivity contribution in [2.75, 3.05) is 5.75 Å². The fraction of sp³-hybridized carbons (Fsp3) is 0.455. The number of benzene rings is 1. The average molecular weight is 285 g/mol. The van der Waals surface area contributed by atoms with E-state index in [2.05, 4.69) is 0 Å². The average Bonchev–Trinajstić information content (AvgIpc) is 2.27. The highest BCUT2D eigenvalue weighted by Gasteiger charge is 2.20. The zero-order valence-electron chi connectivity index (χ0n) is 10.7. The molecule has 1 aromatic rings. The van der Waals surface area contributed by atoms with Gasteiger partial charge in [0, 0.05) is 28.7 Å². The van der Waals surface area contributed by atoms with Crippen LogP contribution in [0.1, 0.15) is 19.4 Å². The maximum absolute atomic E-state index is 10.9. The molecule has 0 saturated heterocycles. The van der Waals surface area contributed by atoms with E-state index in [1.165, 1.54) is 23.9 Å². The third kappa shape index (κ3) is 4.84. The lowest BCUT2D eigenvalue weighted by molar-refractivity contribution is -0.394. The van der Waals surface area contributed by atoms with Crippen molar-refractivity contribution in [2.45, 2.75) is 25.1 Å². The number of hydrogen-bond donors (Lipinski definition) is 1. The van der Waals surface area contributed by atoms with Gasteiger partial charge in [0.15, 0.2) is 0 Å². The first-order valence-corrected chi connectivity index (χ1v) is 6.64. The Hall–Kier alpha value is -1.67. The van der Waals surface area contributed by atoms with E-state index in [1.807, 2.05) is 13.8 Å². The largest absolute Gasteiger partial charge is 0.325 e. The third-order valence-corrected chi connectivity index (χ3v) is 3.67. The first-order valence-electron chi connectivity index (χ1n) is 5.49. The molecule has 0 heterocycles. The van der Waals surface area contributed by atoms with Gasteiger partial charge in [-0.15, -0.1) is 0 Å². The van der Waals surface area contributed by atoms with E-state index in [0.717, 1.165) is 6.07 Å². The molecule has 0 aliphatic carbocycles. The molecule has 1 aromatic carbocycles. The summed E-state index contributed by atoms with van der Waals surface area (Å²) in [4.78, 5) is 20.3. The predicted molar refractivity (Wildman–Crippen MR) is 74.2 cm³/mol. The molecule has 0 amide bonds. The molecule has 0 spiro atoms. The Balaban J connectivity index is 2.89. The number of non-ortho nitro benzene ring substituents is 1. The summed E-state index contributed by atoms with van der Waals surface area (Å²) in [5.41, 5.74) is 5.42. The Morgan fingerprint density at radius 2 is 1.89 bits per heavy atom. The van der Waals surface area contributed by atoms with Crippen LogP contribution in [0.5, 0.6) is 0 Å². The second kappa shape index (κ2) is 5.98. The summed E-state index contributed by atoms with van der Waals surface area (Å²) in [5.74, 6) is 1.04. The van der Waals surface area contributed by atoms with Crippen LogP contribution in [0.4, 0.5) is 11.4 Å². The van der Waals surface area contributed by atoms with Crippen molar-refractivity contribution in [3.8, 4) is 0 Å². The molecule has 0 aliphatic heterocycles. The topological polar surface area (TPSA) is 112 Å². The highest BCUT2D eigenvalue weighted by molar-refractivity contribution is 7.98. The summed E-state index contributed by atoms with van der Waals surface area (Å²) in [5, 5.41) is 21.5. The van der Waals surface area contributed by atoms with Gasteiger partial charge in [0.2, 0.25) is 0 Å². The fourth-order valence-electron chi connectivity index (χ4n) is 1.38. The predicted octanol–water partition coefficient (Wildman–Crippen LogP) is 2.47.